The lowest BCUT2D eigenvalue weighted by atomic mass is 9.74. The molecule has 1 aromatic heterocycles. The molecule has 174 valence electrons. The number of amides is 1. The normalized spacial score (nSPS) is 17.4. The van der Waals surface area contributed by atoms with Crippen LogP contribution in [-0.4, -0.2) is 42.0 Å². The zero-order chi connectivity index (χ0) is 23.7. The van der Waals surface area contributed by atoms with Crippen LogP contribution in [-0.2, 0) is 5.41 Å². The van der Waals surface area contributed by atoms with Gasteiger partial charge in [-0.05, 0) is 74.3 Å². The third kappa shape index (κ3) is 4.50. The second kappa shape index (κ2) is 9.32. The van der Waals surface area contributed by atoms with Gasteiger partial charge in [-0.15, -0.1) is 0 Å². The SMILES string of the molecule is Cc1ccc2c(c1)C1(CCN(C/C=C/c3ccc(F)cc3)CC1)CN2C(=O)c1ccnc(Cl)c1. The zero-order valence-electron chi connectivity index (χ0n) is 19.2. The number of likely N-dealkylation sites (tertiary alicyclic amines) is 1. The molecule has 3 aromatic rings. The number of piperidine rings is 1. The number of fused-ring (bicyclic) bond motifs is 2. The van der Waals surface area contributed by atoms with Crippen LogP contribution in [0, 0.1) is 12.7 Å². The van der Waals surface area contributed by atoms with Crippen LogP contribution in [0.2, 0.25) is 5.15 Å². The first-order chi connectivity index (χ1) is 16.4. The number of aromatic nitrogens is 1. The van der Waals surface area contributed by atoms with Crippen molar-refractivity contribution < 1.29 is 9.18 Å². The van der Waals surface area contributed by atoms with Crippen LogP contribution in [0.15, 0.2) is 66.9 Å². The summed E-state index contributed by atoms with van der Waals surface area (Å²) in [5, 5.41) is 0.325. The average molecular weight is 476 g/mol. The smallest absolute Gasteiger partial charge is 0.258 e. The number of halogens is 2. The molecule has 1 amide bonds. The molecule has 1 spiro atoms. The Bertz CT molecular complexity index is 1230. The van der Waals surface area contributed by atoms with Crippen LogP contribution < -0.4 is 4.90 Å². The van der Waals surface area contributed by atoms with E-state index < -0.39 is 0 Å². The van der Waals surface area contributed by atoms with E-state index in [1.54, 1.807) is 30.5 Å². The molecule has 2 aliphatic heterocycles. The van der Waals surface area contributed by atoms with E-state index in [4.69, 9.17) is 11.6 Å². The highest BCUT2D eigenvalue weighted by Gasteiger charge is 2.46. The lowest BCUT2D eigenvalue weighted by Crippen LogP contribution is -2.46. The Morgan fingerprint density at radius 2 is 1.88 bits per heavy atom. The molecule has 0 radical (unpaired) electrons. The van der Waals surface area contributed by atoms with Gasteiger partial charge in [0.2, 0.25) is 0 Å². The van der Waals surface area contributed by atoms with Gasteiger partial charge in [0, 0.05) is 36.0 Å². The van der Waals surface area contributed by atoms with E-state index in [0.717, 1.165) is 43.7 Å². The number of carbonyl (C=O) groups excluding carboxylic acids is 1. The first-order valence-electron chi connectivity index (χ1n) is 11.6. The summed E-state index contributed by atoms with van der Waals surface area (Å²) in [7, 11) is 0. The van der Waals surface area contributed by atoms with E-state index in [1.807, 2.05) is 11.0 Å². The molecule has 0 N–H and O–H groups in total. The largest absolute Gasteiger partial charge is 0.307 e. The van der Waals surface area contributed by atoms with Crippen molar-refractivity contribution in [2.45, 2.75) is 25.2 Å². The quantitative estimate of drug-likeness (QED) is 0.441. The van der Waals surface area contributed by atoms with Gasteiger partial charge in [0.05, 0.1) is 0 Å². The van der Waals surface area contributed by atoms with E-state index in [2.05, 4.69) is 41.1 Å². The maximum absolute atomic E-state index is 13.4. The Hall–Kier alpha value is -3.02. The van der Waals surface area contributed by atoms with Crippen LogP contribution in [0.3, 0.4) is 0 Å². The van der Waals surface area contributed by atoms with Crippen molar-refractivity contribution in [3.63, 3.8) is 0 Å². The third-order valence-corrected chi connectivity index (χ3v) is 7.26. The molecule has 0 unspecified atom stereocenters. The molecule has 3 heterocycles. The maximum Gasteiger partial charge on any atom is 0.258 e. The van der Waals surface area contributed by atoms with Crippen molar-refractivity contribution >= 4 is 29.3 Å². The number of pyridine rings is 1. The van der Waals surface area contributed by atoms with Crippen LogP contribution in [0.1, 0.15) is 39.9 Å². The minimum absolute atomic E-state index is 0.0315. The Labute approximate surface area is 204 Å². The standard InChI is InChI=1S/C28H27ClFN3O/c1-20-4-9-25-24(17-20)28(19-33(25)27(34)22-10-13-31-26(29)18-22)11-15-32(16-12-28)14-2-3-21-5-7-23(30)8-6-21/h2-10,13,17-18H,11-12,14-16,19H2,1H3/b3-2+. The van der Waals surface area contributed by atoms with Crippen molar-refractivity contribution in [3.8, 4) is 0 Å². The molecule has 1 saturated heterocycles. The molecule has 34 heavy (non-hydrogen) atoms. The molecule has 6 heteroatoms. The summed E-state index contributed by atoms with van der Waals surface area (Å²) in [4.78, 5) is 21.8. The van der Waals surface area contributed by atoms with Gasteiger partial charge in [-0.1, -0.05) is 53.6 Å². The summed E-state index contributed by atoms with van der Waals surface area (Å²) >= 11 is 6.05. The highest BCUT2D eigenvalue weighted by molar-refractivity contribution is 6.29. The molecule has 0 saturated carbocycles. The van der Waals surface area contributed by atoms with Gasteiger partial charge in [-0.25, -0.2) is 9.37 Å². The van der Waals surface area contributed by atoms with Gasteiger partial charge in [0.15, 0.2) is 0 Å². The fraction of sp³-hybridized carbons (Fsp3) is 0.286. The second-order valence-electron chi connectivity index (χ2n) is 9.31. The van der Waals surface area contributed by atoms with Gasteiger partial charge in [-0.3, -0.25) is 9.69 Å². The highest BCUT2D eigenvalue weighted by Crippen LogP contribution is 2.47. The lowest BCUT2D eigenvalue weighted by molar-refractivity contribution is 0.0977. The first kappa shape index (κ1) is 22.8. The van der Waals surface area contributed by atoms with E-state index in [1.165, 1.54) is 23.3 Å². The maximum atomic E-state index is 13.4. The minimum Gasteiger partial charge on any atom is -0.307 e. The Kier molecular flexibility index (Phi) is 6.24. The Balaban J connectivity index is 1.31. The number of hydrogen-bond donors (Lipinski definition) is 0. The van der Waals surface area contributed by atoms with Crippen LogP contribution >= 0.6 is 11.6 Å². The van der Waals surface area contributed by atoms with Crippen LogP contribution in [0.4, 0.5) is 10.1 Å². The van der Waals surface area contributed by atoms with Crippen molar-refractivity contribution in [1.29, 1.82) is 0 Å². The van der Waals surface area contributed by atoms with Gasteiger partial charge in [0.1, 0.15) is 11.0 Å². The fourth-order valence-corrected chi connectivity index (χ4v) is 5.33. The number of aryl methyl sites for hydroxylation is 1. The predicted molar refractivity (Wildman–Crippen MR) is 135 cm³/mol. The van der Waals surface area contributed by atoms with Gasteiger partial charge in [-0.2, -0.15) is 0 Å². The third-order valence-electron chi connectivity index (χ3n) is 7.05. The summed E-state index contributed by atoms with van der Waals surface area (Å²) in [5.74, 6) is -0.249. The van der Waals surface area contributed by atoms with Gasteiger partial charge in [0.25, 0.3) is 5.91 Å². The van der Waals surface area contributed by atoms with E-state index in [-0.39, 0.29) is 17.1 Å². The lowest BCUT2D eigenvalue weighted by Gasteiger charge is -2.39. The van der Waals surface area contributed by atoms with Crippen LogP contribution in [0.25, 0.3) is 6.08 Å². The van der Waals surface area contributed by atoms with Crippen molar-refractivity contribution in [2.75, 3.05) is 31.1 Å². The topological polar surface area (TPSA) is 36.4 Å². The molecule has 0 atom stereocenters. The van der Waals surface area contributed by atoms with Crippen LogP contribution in [0.5, 0.6) is 0 Å². The van der Waals surface area contributed by atoms with Crippen molar-refractivity contribution in [2.24, 2.45) is 0 Å². The van der Waals surface area contributed by atoms with Crippen molar-refractivity contribution in [3.05, 3.63) is 100 Å². The molecular weight excluding hydrogens is 449 g/mol. The Morgan fingerprint density at radius 1 is 1.12 bits per heavy atom. The summed E-state index contributed by atoms with van der Waals surface area (Å²) in [6.07, 6.45) is 7.75. The van der Waals surface area contributed by atoms with Gasteiger partial charge < -0.3 is 4.90 Å². The average Bonchev–Trinajstić information content (AvgIpc) is 3.14. The molecule has 2 aromatic carbocycles. The number of rotatable bonds is 4. The summed E-state index contributed by atoms with van der Waals surface area (Å²) in [6.45, 7) is 5.57. The number of anilines is 1. The minimum atomic E-state index is -0.217. The predicted octanol–water partition coefficient (Wildman–Crippen LogP) is 5.89. The first-order valence-corrected chi connectivity index (χ1v) is 12.0. The molecule has 0 aliphatic carbocycles. The van der Waals surface area contributed by atoms with Crippen molar-refractivity contribution in [1.82, 2.24) is 9.88 Å². The number of carbonyl (C=O) groups is 1. The van der Waals surface area contributed by atoms with E-state index >= 15 is 0 Å². The zero-order valence-corrected chi connectivity index (χ0v) is 19.9. The summed E-state index contributed by atoms with van der Waals surface area (Å²) in [6, 6.07) is 16.3. The molecule has 0 bridgehead atoms. The molecule has 1 fully saturated rings. The molecule has 4 nitrogen and oxygen atoms in total. The summed E-state index contributed by atoms with van der Waals surface area (Å²) < 4.78 is 13.1. The fourth-order valence-electron chi connectivity index (χ4n) is 5.16. The van der Waals surface area contributed by atoms with Gasteiger partial charge >= 0.3 is 0 Å². The number of benzene rings is 2. The number of hydrogen-bond acceptors (Lipinski definition) is 3. The van der Waals surface area contributed by atoms with E-state index in [9.17, 15) is 9.18 Å². The highest BCUT2D eigenvalue weighted by atomic mass is 35.5. The molecule has 5 rings (SSSR count). The monoisotopic (exact) mass is 475 g/mol. The molecular formula is C28H27ClFN3O. The number of nitrogens with zero attached hydrogens (tertiary/aromatic N) is 3. The molecule has 2 aliphatic rings. The second-order valence-corrected chi connectivity index (χ2v) is 9.70. The van der Waals surface area contributed by atoms with E-state index in [0.29, 0.717) is 17.3 Å². The Morgan fingerprint density at radius 3 is 2.62 bits per heavy atom. The summed E-state index contributed by atoms with van der Waals surface area (Å²) in [5.41, 5.74) is 5.03.